The Morgan fingerprint density at radius 3 is 2.20 bits per heavy atom. The van der Waals surface area contributed by atoms with Crippen molar-refractivity contribution < 1.29 is 33.4 Å². The van der Waals surface area contributed by atoms with E-state index in [1.165, 1.54) is 12.0 Å². The third kappa shape index (κ3) is 10.5. The molecular weight excluding hydrogens is 608 g/mol. The summed E-state index contributed by atoms with van der Waals surface area (Å²) in [4.78, 5) is 55.5. The Morgan fingerprint density at radius 2 is 1.63 bits per heavy atom. The van der Waals surface area contributed by atoms with Gasteiger partial charge in [-0.25, -0.2) is 14.4 Å². The highest BCUT2D eigenvalue weighted by atomic mass is 32.2. The highest BCUT2D eigenvalue weighted by Crippen LogP contribution is 2.32. The molecule has 1 heterocycles. The number of nitrogens with zero attached hydrogens (tertiary/aromatic N) is 1. The normalized spacial score (nSPS) is 16.5. The highest BCUT2D eigenvalue weighted by Gasteiger charge is 2.43. The van der Waals surface area contributed by atoms with Gasteiger partial charge in [-0.2, -0.15) is 11.8 Å². The number of benzene rings is 2. The molecule has 46 heavy (non-hydrogen) atoms. The molecule has 0 aromatic heterocycles. The number of amides is 2. The fourth-order valence-corrected chi connectivity index (χ4v) is 5.47. The van der Waals surface area contributed by atoms with Gasteiger partial charge in [-0.1, -0.05) is 30.3 Å². The maximum atomic E-state index is 14.0. The van der Waals surface area contributed by atoms with Gasteiger partial charge in [-0.15, -0.1) is 0 Å². The number of ether oxygens (including phenoxy) is 3. The monoisotopic (exact) mass is 656 g/mol. The van der Waals surface area contributed by atoms with Gasteiger partial charge < -0.3 is 30.2 Å². The molecule has 0 spiro atoms. The van der Waals surface area contributed by atoms with Crippen molar-refractivity contribution in [2.45, 2.75) is 77.3 Å². The standard InChI is InChI=1S/C34H48N4O7S/c1-33(2,3)44-31(41)28(27-21-35-17-18-36-27)38(32(42)45-34(4,5)6)23-14-15-24(25(20-23)22-12-10-9-11-13-22)29(39)37-26(16-19-46-8)30(40)43-7/h9-15,20,26-28,35-36H,16-19,21H2,1-8H3,(H,37,39)/t26-,27?,28?/m0/s1. The van der Waals surface area contributed by atoms with Crippen LogP contribution in [-0.2, 0) is 23.8 Å². The van der Waals surface area contributed by atoms with Gasteiger partial charge in [0.25, 0.3) is 5.91 Å². The zero-order chi connectivity index (χ0) is 34.1. The molecule has 2 unspecified atom stereocenters. The first kappa shape index (κ1) is 36.9. The first-order valence-electron chi connectivity index (χ1n) is 15.4. The van der Waals surface area contributed by atoms with Gasteiger partial charge in [0.1, 0.15) is 17.2 Å². The molecule has 3 N–H and O–H groups in total. The van der Waals surface area contributed by atoms with Crippen LogP contribution in [0.25, 0.3) is 11.1 Å². The number of piperazine rings is 1. The second kappa shape index (κ2) is 16.3. The Kier molecular flexibility index (Phi) is 13.0. The molecule has 1 saturated heterocycles. The van der Waals surface area contributed by atoms with Crippen molar-refractivity contribution in [2.75, 3.05) is 43.7 Å². The van der Waals surface area contributed by atoms with Gasteiger partial charge in [0.05, 0.1) is 13.2 Å². The van der Waals surface area contributed by atoms with Crippen LogP contribution < -0.4 is 20.9 Å². The van der Waals surface area contributed by atoms with Crippen LogP contribution in [-0.4, -0.2) is 92.0 Å². The van der Waals surface area contributed by atoms with Gasteiger partial charge in [0, 0.05) is 30.9 Å². The third-order valence-corrected chi connectivity index (χ3v) is 7.63. The predicted molar refractivity (Wildman–Crippen MR) is 181 cm³/mol. The molecule has 0 saturated carbocycles. The first-order valence-corrected chi connectivity index (χ1v) is 16.8. The van der Waals surface area contributed by atoms with Crippen LogP contribution in [0.15, 0.2) is 48.5 Å². The predicted octanol–water partition coefficient (Wildman–Crippen LogP) is 4.39. The number of anilines is 1. The average molecular weight is 657 g/mol. The molecule has 252 valence electrons. The summed E-state index contributed by atoms with van der Waals surface area (Å²) < 4.78 is 16.7. The lowest BCUT2D eigenvalue weighted by atomic mass is 9.96. The summed E-state index contributed by atoms with van der Waals surface area (Å²) >= 11 is 1.56. The topological polar surface area (TPSA) is 135 Å². The van der Waals surface area contributed by atoms with Crippen molar-refractivity contribution in [3.63, 3.8) is 0 Å². The Bertz CT molecular complexity index is 1350. The summed E-state index contributed by atoms with van der Waals surface area (Å²) in [5.74, 6) is -0.971. The van der Waals surface area contributed by atoms with Crippen molar-refractivity contribution in [2.24, 2.45) is 0 Å². The van der Waals surface area contributed by atoms with Gasteiger partial charge >= 0.3 is 18.0 Å². The van der Waals surface area contributed by atoms with E-state index < -0.39 is 53.3 Å². The smallest absolute Gasteiger partial charge is 0.415 e. The van der Waals surface area contributed by atoms with Crippen LogP contribution in [0.4, 0.5) is 10.5 Å². The van der Waals surface area contributed by atoms with Crippen LogP contribution in [0.2, 0.25) is 0 Å². The van der Waals surface area contributed by atoms with Crippen LogP contribution in [0, 0.1) is 0 Å². The fraction of sp³-hybridized carbons (Fsp3) is 0.529. The van der Waals surface area contributed by atoms with E-state index in [4.69, 9.17) is 14.2 Å². The van der Waals surface area contributed by atoms with Crippen molar-refractivity contribution in [1.82, 2.24) is 16.0 Å². The molecule has 1 aliphatic rings. The quantitative estimate of drug-likeness (QED) is 0.236. The van der Waals surface area contributed by atoms with Crippen LogP contribution in [0.5, 0.6) is 0 Å². The molecule has 3 atom stereocenters. The Hall–Kier alpha value is -3.61. The number of hydrogen-bond donors (Lipinski definition) is 3. The van der Waals surface area contributed by atoms with E-state index in [0.717, 1.165) is 0 Å². The van der Waals surface area contributed by atoms with Crippen LogP contribution >= 0.6 is 11.8 Å². The number of methoxy groups -OCH3 is 1. The molecule has 12 heteroatoms. The lowest BCUT2D eigenvalue weighted by Gasteiger charge is -2.39. The highest BCUT2D eigenvalue weighted by molar-refractivity contribution is 7.98. The van der Waals surface area contributed by atoms with Crippen molar-refractivity contribution in [1.29, 1.82) is 0 Å². The van der Waals surface area contributed by atoms with E-state index >= 15 is 0 Å². The first-order chi connectivity index (χ1) is 21.6. The average Bonchev–Trinajstić information content (AvgIpc) is 3.00. The second-order valence-electron chi connectivity index (χ2n) is 13.0. The maximum Gasteiger partial charge on any atom is 0.415 e. The number of esters is 2. The summed E-state index contributed by atoms with van der Waals surface area (Å²) in [6.45, 7) is 12.3. The van der Waals surface area contributed by atoms with E-state index in [0.29, 0.717) is 48.6 Å². The minimum absolute atomic E-state index is 0.281. The van der Waals surface area contributed by atoms with Crippen LogP contribution in [0.3, 0.4) is 0 Å². The molecule has 0 radical (unpaired) electrons. The van der Waals surface area contributed by atoms with Gasteiger partial charge in [0.2, 0.25) is 0 Å². The Labute approximate surface area is 276 Å². The number of nitrogens with one attached hydrogen (secondary N) is 3. The summed E-state index contributed by atoms with van der Waals surface area (Å²) in [5.41, 5.74) is 0.122. The van der Waals surface area contributed by atoms with Crippen molar-refractivity contribution in [3.05, 3.63) is 54.1 Å². The van der Waals surface area contributed by atoms with E-state index in [1.54, 1.807) is 71.5 Å². The number of hydrogen-bond acceptors (Lipinski definition) is 10. The Morgan fingerprint density at radius 1 is 0.957 bits per heavy atom. The molecule has 2 aromatic rings. The lowest BCUT2D eigenvalue weighted by Crippen LogP contribution is -2.64. The van der Waals surface area contributed by atoms with Gasteiger partial charge in [-0.3, -0.25) is 9.69 Å². The largest absolute Gasteiger partial charge is 0.467 e. The number of thioether (sulfide) groups is 1. The Balaban J connectivity index is 2.20. The van der Waals surface area contributed by atoms with E-state index in [9.17, 15) is 19.2 Å². The molecule has 11 nitrogen and oxygen atoms in total. The number of carbonyl (C=O) groups excluding carboxylic acids is 4. The summed E-state index contributed by atoms with van der Waals surface area (Å²) in [6, 6.07) is 11.7. The van der Waals surface area contributed by atoms with E-state index in [2.05, 4.69) is 16.0 Å². The van der Waals surface area contributed by atoms with Gasteiger partial charge in [0.15, 0.2) is 6.04 Å². The SMILES string of the molecule is COC(=O)[C@H](CCSC)NC(=O)c1ccc(N(C(=O)OC(C)(C)C)C(C(=O)OC(C)(C)C)C2CNCCN2)cc1-c1ccccc1. The molecule has 2 amide bonds. The van der Waals surface area contributed by atoms with Gasteiger partial charge in [-0.05, 0) is 89.3 Å². The van der Waals surface area contributed by atoms with E-state index in [1.807, 2.05) is 36.6 Å². The third-order valence-electron chi connectivity index (χ3n) is 6.98. The minimum atomic E-state index is -1.11. The zero-order valence-corrected chi connectivity index (χ0v) is 28.9. The maximum absolute atomic E-state index is 14.0. The molecule has 1 fully saturated rings. The zero-order valence-electron chi connectivity index (χ0n) is 28.1. The fourth-order valence-electron chi connectivity index (χ4n) is 5.00. The molecule has 0 aliphatic carbocycles. The molecule has 3 rings (SSSR count). The van der Waals surface area contributed by atoms with Crippen LogP contribution in [0.1, 0.15) is 58.3 Å². The second-order valence-corrected chi connectivity index (χ2v) is 14.0. The lowest BCUT2D eigenvalue weighted by molar-refractivity contribution is -0.157. The molecule has 1 aliphatic heterocycles. The summed E-state index contributed by atoms with van der Waals surface area (Å²) in [5, 5.41) is 9.48. The summed E-state index contributed by atoms with van der Waals surface area (Å²) in [6.07, 6.45) is 1.57. The molecule has 2 aromatic carbocycles. The molecular formula is C34H48N4O7S. The van der Waals surface area contributed by atoms with Crippen molar-refractivity contribution in [3.8, 4) is 11.1 Å². The minimum Gasteiger partial charge on any atom is -0.467 e. The molecule has 0 bridgehead atoms. The summed E-state index contributed by atoms with van der Waals surface area (Å²) in [7, 11) is 1.29. The number of carbonyl (C=O) groups is 4. The van der Waals surface area contributed by atoms with E-state index in [-0.39, 0.29) is 5.56 Å². The number of rotatable bonds is 11. The van der Waals surface area contributed by atoms with Crippen molar-refractivity contribution >= 4 is 41.4 Å².